The average Bonchev–Trinajstić information content (AvgIpc) is 3.28. The largest absolute Gasteiger partial charge is 0.361 e. The molecule has 3 aromatic heterocycles. The van der Waals surface area contributed by atoms with Crippen molar-refractivity contribution in [3.05, 3.63) is 83.4 Å². The molecule has 0 aliphatic heterocycles. The van der Waals surface area contributed by atoms with Crippen LogP contribution in [-0.4, -0.2) is 19.5 Å². The maximum absolute atomic E-state index is 13.2. The van der Waals surface area contributed by atoms with Crippen LogP contribution in [0.25, 0.3) is 21.9 Å². The number of aromatic nitrogens is 4. The van der Waals surface area contributed by atoms with Crippen molar-refractivity contribution < 1.29 is 0 Å². The van der Waals surface area contributed by atoms with Crippen LogP contribution in [0, 0.1) is 0 Å². The van der Waals surface area contributed by atoms with Gasteiger partial charge >= 0.3 is 0 Å². The minimum absolute atomic E-state index is 0.0272. The number of fused-ring (bicyclic) bond motifs is 2. The number of hydrogen-bond donors (Lipinski definition) is 2. The lowest BCUT2D eigenvalue weighted by atomic mass is 10.2. The quantitative estimate of drug-likeness (QED) is 0.370. The summed E-state index contributed by atoms with van der Waals surface area (Å²) in [7, 11) is 0. The molecule has 2 aromatic carbocycles. The first-order valence-electron chi connectivity index (χ1n) is 10.2. The smallest absolute Gasteiger partial charge is 0.266 e. The SMILES string of the molecule is CCCn1c(=O)c(Sc2ccccc2)cc2cnc(Nc3cccc4[nH]ccc34)nc21. The monoisotopic (exact) mass is 427 g/mol. The Bertz CT molecular complexity index is 1420. The van der Waals surface area contributed by atoms with Gasteiger partial charge in [-0.25, -0.2) is 4.98 Å². The highest BCUT2D eigenvalue weighted by Gasteiger charge is 2.13. The number of nitrogens with zero attached hydrogens (tertiary/aromatic N) is 3. The molecule has 2 N–H and O–H groups in total. The molecular weight excluding hydrogens is 406 g/mol. The van der Waals surface area contributed by atoms with Gasteiger partial charge in [0.05, 0.1) is 10.6 Å². The van der Waals surface area contributed by atoms with Gasteiger partial charge in [0.1, 0.15) is 5.65 Å². The lowest BCUT2D eigenvalue weighted by molar-refractivity contribution is 0.661. The number of aromatic amines is 1. The van der Waals surface area contributed by atoms with Gasteiger partial charge in [0.25, 0.3) is 5.56 Å². The second-order valence-corrected chi connectivity index (χ2v) is 8.34. The van der Waals surface area contributed by atoms with Gasteiger partial charge in [0.15, 0.2) is 0 Å². The summed E-state index contributed by atoms with van der Waals surface area (Å²) in [5.74, 6) is 0.467. The van der Waals surface area contributed by atoms with Crippen LogP contribution in [0.3, 0.4) is 0 Å². The number of H-pyrrole nitrogens is 1. The molecule has 0 radical (unpaired) electrons. The number of benzene rings is 2. The van der Waals surface area contributed by atoms with E-state index in [1.165, 1.54) is 11.8 Å². The van der Waals surface area contributed by atoms with Crippen molar-refractivity contribution in [3.63, 3.8) is 0 Å². The highest BCUT2D eigenvalue weighted by Crippen LogP contribution is 2.28. The molecule has 0 aliphatic rings. The van der Waals surface area contributed by atoms with Crippen LogP contribution in [0.1, 0.15) is 13.3 Å². The van der Waals surface area contributed by atoms with Gasteiger partial charge in [-0.2, -0.15) is 4.98 Å². The minimum Gasteiger partial charge on any atom is -0.361 e. The van der Waals surface area contributed by atoms with Crippen LogP contribution < -0.4 is 10.9 Å². The Hall–Kier alpha value is -3.58. The Balaban J connectivity index is 1.57. The van der Waals surface area contributed by atoms with Gasteiger partial charge < -0.3 is 10.3 Å². The number of nitrogens with one attached hydrogen (secondary N) is 2. The summed E-state index contributed by atoms with van der Waals surface area (Å²) in [6.07, 6.45) is 4.52. The molecule has 6 nitrogen and oxygen atoms in total. The van der Waals surface area contributed by atoms with E-state index in [-0.39, 0.29) is 5.56 Å². The third-order valence-electron chi connectivity index (χ3n) is 5.05. The molecule has 31 heavy (non-hydrogen) atoms. The fourth-order valence-corrected chi connectivity index (χ4v) is 4.56. The number of rotatable bonds is 6. The summed E-state index contributed by atoms with van der Waals surface area (Å²) in [6, 6.07) is 19.8. The third-order valence-corrected chi connectivity index (χ3v) is 6.07. The van der Waals surface area contributed by atoms with E-state index in [1.807, 2.05) is 66.9 Å². The molecule has 3 heterocycles. The number of pyridine rings is 1. The van der Waals surface area contributed by atoms with Crippen LogP contribution in [0.5, 0.6) is 0 Å². The molecule has 7 heteroatoms. The minimum atomic E-state index is -0.0272. The van der Waals surface area contributed by atoms with Gasteiger partial charge in [-0.1, -0.05) is 43.0 Å². The van der Waals surface area contributed by atoms with Crippen LogP contribution in [0.2, 0.25) is 0 Å². The van der Waals surface area contributed by atoms with Gasteiger partial charge in [-0.05, 0) is 42.8 Å². The molecule has 0 amide bonds. The molecule has 0 aliphatic carbocycles. The van der Waals surface area contributed by atoms with E-state index >= 15 is 0 Å². The van der Waals surface area contributed by atoms with Crippen molar-refractivity contribution in [3.8, 4) is 0 Å². The van der Waals surface area contributed by atoms with Crippen molar-refractivity contribution in [1.82, 2.24) is 19.5 Å². The lowest BCUT2D eigenvalue weighted by Crippen LogP contribution is -2.23. The molecule has 0 bridgehead atoms. The number of aryl methyl sites for hydroxylation is 1. The Morgan fingerprint density at radius 2 is 1.97 bits per heavy atom. The standard InChI is InChI=1S/C24H21N5OS/c1-2-13-29-22-16(14-21(23(29)30)31-17-7-4-3-5-8-17)15-26-24(28-22)27-20-10-6-9-19-18(20)11-12-25-19/h3-12,14-15,25H,2,13H2,1H3,(H,26,27,28). The molecule has 0 fully saturated rings. The maximum Gasteiger partial charge on any atom is 0.266 e. The summed E-state index contributed by atoms with van der Waals surface area (Å²) in [4.78, 5) is 27.4. The van der Waals surface area contributed by atoms with E-state index in [9.17, 15) is 4.79 Å². The fourth-order valence-electron chi connectivity index (χ4n) is 3.63. The van der Waals surface area contributed by atoms with Crippen LogP contribution in [0.4, 0.5) is 11.6 Å². The van der Waals surface area contributed by atoms with Crippen molar-refractivity contribution in [2.45, 2.75) is 29.7 Å². The number of hydrogen-bond acceptors (Lipinski definition) is 5. The Kier molecular flexibility index (Phi) is 5.18. The molecule has 0 atom stereocenters. The predicted molar refractivity (Wildman–Crippen MR) is 126 cm³/mol. The first kappa shape index (κ1) is 19.4. The summed E-state index contributed by atoms with van der Waals surface area (Å²) in [5.41, 5.74) is 2.57. The molecule has 5 rings (SSSR count). The van der Waals surface area contributed by atoms with Gasteiger partial charge in [0.2, 0.25) is 5.95 Å². The van der Waals surface area contributed by atoms with Crippen molar-refractivity contribution in [2.75, 3.05) is 5.32 Å². The molecule has 0 saturated heterocycles. The van der Waals surface area contributed by atoms with Crippen molar-refractivity contribution >= 4 is 45.3 Å². The Labute approximate surface area is 183 Å². The Morgan fingerprint density at radius 1 is 1.10 bits per heavy atom. The van der Waals surface area contributed by atoms with Crippen LogP contribution in [0.15, 0.2) is 87.6 Å². The second-order valence-electron chi connectivity index (χ2n) is 7.22. The van der Waals surface area contributed by atoms with Crippen molar-refractivity contribution in [1.29, 1.82) is 0 Å². The molecule has 0 unspecified atom stereocenters. The summed E-state index contributed by atoms with van der Waals surface area (Å²) in [5, 5.41) is 5.21. The van der Waals surface area contributed by atoms with E-state index in [0.29, 0.717) is 23.0 Å². The fraction of sp³-hybridized carbons (Fsp3) is 0.125. The van der Waals surface area contributed by atoms with E-state index in [2.05, 4.69) is 22.2 Å². The molecule has 154 valence electrons. The second kappa shape index (κ2) is 8.28. The Morgan fingerprint density at radius 3 is 2.81 bits per heavy atom. The average molecular weight is 428 g/mol. The predicted octanol–water partition coefficient (Wildman–Crippen LogP) is 5.58. The summed E-state index contributed by atoms with van der Waals surface area (Å²) < 4.78 is 1.75. The normalized spacial score (nSPS) is 11.3. The van der Waals surface area contributed by atoms with E-state index in [1.54, 1.807) is 10.8 Å². The van der Waals surface area contributed by atoms with E-state index < -0.39 is 0 Å². The molecule has 0 spiro atoms. The topological polar surface area (TPSA) is 75.6 Å². The summed E-state index contributed by atoms with van der Waals surface area (Å²) in [6.45, 7) is 2.66. The summed E-state index contributed by atoms with van der Waals surface area (Å²) >= 11 is 1.47. The van der Waals surface area contributed by atoms with Crippen LogP contribution in [-0.2, 0) is 6.54 Å². The van der Waals surface area contributed by atoms with Crippen LogP contribution >= 0.6 is 11.8 Å². The van der Waals surface area contributed by atoms with E-state index in [4.69, 9.17) is 4.98 Å². The molecule has 5 aromatic rings. The number of anilines is 2. The first-order valence-corrected chi connectivity index (χ1v) is 11.0. The lowest BCUT2D eigenvalue weighted by Gasteiger charge is -2.13. The molecule has 0 saturated carbocycles. The zero-order valence-corrected chi connectivity index (χ0v) is 17.8. The van der Waals surface area contributed by atoms with Gasteiger partial charge in [-0.3, -0.25) is 9.36 Å². The van der Waals surface area contributed by atoms with E-state index in [0.717, 1.165) is 33.3 Å². The van der Waals surface area contributed by atoms with Gasteiger partial charge in [0, 0.05) is 40.1 Å². The third kappa shape index (κ3) is 3.80. The van der Waals surface area contributed by atoms with Gasteiger partial charge in [-0.15, -0.1) is 0 Å². The zero-order valence-electron chi connectivity index (χ0n) is 17.0. The molecular formula is C24H21N5OS. The highest BCUT2D eigenvalue weighted by molar-refractivity contribution is 7.99. The maximum atomic E-state index is 13.2. The highest BCUT2D eigenvalue weighted by atomic mass is 32.2. The first-order chi connectivity index (χ1) is 15.2. The zero-order chi connectivity index (χ0) is 21.2. The van der Waals surface area contributed by atoms with Crippen molar-refractivity contribution in [2.24, 2.45) is 0 Å².